The number of rotatable bonds is 5. The predicted octanol–water partition coefficient (Wildman–Crippen LogP) is 3.90. The van der Waals surface area contributed by atoms with E-state index in [1.54, 1.807) is 0 Å². The van der Waals surface area contributed by atoms with Gasteiger partial charge in [0.05, 0.1) is 0 Å². The van der Waals surface area contributed by atoms with Crippen molar-refractivity contribution in [3.8, 4) is 0 Å². The molecule has 1 heterocycles. The van der Waals surface area contributed by atoms with Crippen molar-refractivity contribution in [1.82, 2.24) is 4.90 Å². The molecule has 0 spiro atoms. The minimum Gasteiger partial charge on any atom is -0.480 e. The Kier molecular flexibility index (Phi) is 4.82. The zero-order chi connectivity index (χ0) is 15.5. The van der Waals surface area contributed by atoms with Gasteiger partial charge < -0.3 is 5.11 Å². The lowest BCUT2D eigenvalue weighted by Gasteiger charge is -2.33. The molecular formula is C19H27NO2. The molecule has 3 heteroatoms. The molecule has 1 saturated heterocycles. The summed E-state index contributed by atoms with van der Waals surface area (Å²) >= 11 is 0. The molecule has 3 rings (SSSR count). The van der Waals surface area contributed by atoms with Gasteiger partial charge in [0.15, 0.2) is 0 Å². The van der Waals surface area contributed by atoms with Crippen LogP contribution in [0.1, 0.15) is 56.9 Å². The van der Waals surface area contributed by atoms with Crippen molar-refractivity contribution < 1.29 is 9.90 Å². The second kappa shape index (κ2) is 6.82. The van der Waals surface area contributed by atoms with E-state index in [0.29, 0.717) is 17.9 Å². The Hall–Kier alpha value is -1.35. The summed E-state index contributed by atoms with van der Waals surface area (Å²) in [5.74, 6) is 0.474. The fourth-order valence-electron chi connectivity index (χ4n) is 4.41. The van der Waals surface area contributed by atoms with E-state index in [1.807, 2.05) is 6.07 Å². The molecule has 0 amide bonds. The van der Waals surface area contributed by atoms with Gasteiger partial charge in [-0.3, -0.25) is 9.69 Å². The fraction of sp³-hybridized carbons (Fsp3) is 0.632. The molecule has 0 radical (unpaired) electrons. The van der Waals surface area contributed by atoms with Crippen LogP contribution in [0.2, 0.25) is 0 Å². The van der Waals surface area contributed by atoms with Crippen LogP contribution in [0.25, 0.3) is 0 Å². The smallest absolute Gasteiger partial charge is 0.320 e. The molecule has 120 valence electrons. The van der Waals surface area contributed by atoms with Crippen LogP contribution in [-0.2, 0) is 4.79 Å². The molecular weight excluding hydrogens is 274 g/mol. The van der Waals surface area contributed by atoms with Gasteiger partial charge in [0.1, 0.15) is 6.04 Å². The lowest BCUT2D eigenvalue weighted by molar-refractivity contribution is -0.142. The van der Waals surface area contributed by atoms with E-state index in [9.17, 15) is 9.90 Å². The molecule has 2 aliphatic rings. The van der Waals surface area contributed by atoms with Gasteiger partial charge in [0, 0.05) is 6.04 Å². The second-order valence-corrected chi connectivity index (χ2v) is 7.04. The monoisotopic (exact) mass is 301 g/mol. The van der Waals surface area contributed by atoms with Crippen molar-refractivity contribution in [3.63, 3.8) is 0 Å². The van der Waals surface area contributed by atoms with E-state index < -0.39 is 5.97 Å². The van der Waals surface area contributed by atoms with E-state index in [2.05, 4.69) is 36.1 Å². The maximum Gasteiger partial charge on any atom is 0.320 e. The third kappa shape index (κ3) is 3.19. The lowest BCUT2D eigenvalue weighted by Crippen LogP contribution is -2.43. The molecule has 1 aromatic rings. The molecule has 0 bridgehead atoms. The highest BCUT2D eigenvalue weighted by molar-refractivity contribution is 5.74. The molecule has 0 aromatic heterocycles. The van der Waals surface area contributed by atoms with Crippen molar-refractivity contribution in [2.24, 2.45) is 5.92 Å². The normalized spacial score (nSPS) is 30.0. The van der Waals surface area contributed by atoms with E-state index >= 15 is 0 Å². The summed E-state index contributed by atoms with van der Waals surface area (Å²) in [5, 5.41) is 9.57. The average Bonchev–Trinajstić information content (AvgIpc) is 2.92. The first-order chi connectivity index (χ1) is 10.7. The summed E-state index contributed by atoms with van der Waals surface area (Å²) in [5.41, 5.74) is 1.36. The largest absolute Gasteiger partial charge is 0.480 e. The summed E-state index contributed by atoms with van der Waals surface area (Å²) in [6.45, 7) is 3.16. The van der Waals surface area contributed by atoms with Crippen LogP contribution in [0.5, 0.6) is 0 Å². The Morgan fingerprint density at radius 2 is 2.00 bits per heavy atom. The topological polar surface area (TPSA) is 40.5 Å². The Morgan fingerprint density at radius 3 is 2.73 bits per heavy atom. The standard InChI is InChI=1S/C19H27NO2/c1-14(15-7-3-2-4-8-15)11-12-20-17-10-6-5-9-16(17)13-18(20)19(21)22/h2-4,7-8,14,16-18H,5-6,9-13H2,1H3,(H,21,22). The van der Waals surface area contributed by atoms with E-state index in [-0.39, 0.29) is 6.04 Å². The molecule has 1 N–H and O–H groups in total. The van der Waals surface area contributed by atoms with Crippen molar-refractivity contribution >= 4 is 5.97 Å². The van der Waals surface area contributed by atoms with Crippen molar-refractivity contribution in [1.29, 1.82) is 0 Å². The summed E-state index contributed by atoms with van der Waals surface area (Å²) in [7, 11) is 0. The van der Waals surface area contributed by atoms with Crippen LogP contribution >= 0.6 is 0 Å². The third-order valence-electron chi connectivity index (χ3n) is 5.70. The Labute approximate surface area is 133 Å². The first kappa shape index (κ1) is 15.5. The van der Waals surface area contributed by atoms with Crippen molar-refractivity contribution in [2.45, 2.75) is 63.5 Å². The highest BCUT2D eigenvalue weighted by Crippen LogP contribution is 2.40. The Morgan fingerprint density at radius 1 is 1.27 bits per heavy atom. The molecule has 1 aliphatic heterocycles. The lowest BCUT2D eigenvalue weighted by atomic mass is 9.84. The van der Waals surface area contributed by atoms with Crippen LogP contribution in [0.3, 0.4) is 0 Å². The number of benzene rings is 1. The van der Waals surface area contributed by atoms with Crippen LogP contribution in [0.15, 0.2) is 30.3 Å². The number of hydrogen-bond donors (Lipinski definition) is 1. The van der Waals surface area contributed by atoms with Gasteiger partial charge in [-0.1, -0.05) is 50.1 Å². The number of hydrogen-bond acceptors (Lipinski definition) is 2. The van der Waals surface area contributed by atoms with Crippen molar-refractivity contribution in [2.75, 3.05) is 6.54 Å². The van der Waals surface area contributed by atoms with E-state index in [0.717, 1.165) is 19.4 Å². The number of carboxylic acids is 1. The quantitative estimate of drug-likeness (QED) is 0.896. The second-order valence-electron chi connectivity index (χ2n) is 7.04. The minimum atomic E-state index is -0.623. The Bertz CT molecular complexity index is 501. The third-order valence-corrected chi connectivity index (χ3v) is 5.70. The number of aliphatic carboxylic acids is 1. The molecule has 4 unspecified atom stereocenters. The van der Waals surface area contributed by atoms with Gasteiger partial charge in [0.25, 0.3) is 0 Å². The number of nitrogens with zero attached hydrogens (tertiary/aromatic N) is 1. The minimum absolute atomic E-state index is 0.254. The average molecular weight is 301 g/mol. The maximum absolute atomic E-state index is 11.6. The highest BCUT2D eigenvalue weighted by atomic mass is 16.4. The molecule has 3 nitrogen and oxygen atoms in total. The van der Waals surface area contributed by atoms with Gasteiger partial charge in [-0.05, 0) is 49.6 Å². The van der Waals surface area contributed by atoms with Gasteiger partial charge in [-0.2, -0.15) is 0 Å². The first-order valence-electron chi connectivity index (χ1n) is 8.70. The van der Waals surface area contributed by atoms with Gasteiger partial charge >= 0.3 is 5.97 Å². The number of carboxylic acid groups (broad SMARTS) is 1. The van der Waals surface area contributed by atoms with E-state index in [1.165, 1.54) is 31.2 Å². The SMILES string of the molecule is CC(CCN1C(C(=O)O)CC2CCCCC21)c1ccccc1. The molecule has 2 fully saturated rings. The summed E-state index contributed by atoms with van der Waals surface area (Å²) < 4.78 is 0. The van der Waals surface area contributed by atoms with Crippen LogP contribution in [0.4, 0.5) is 0 Å². The molecule has 1 aromatic carbocycles. The first-order valence-corrected chi connectivity index (χ1v) is 8.70. The maximum atomic E-state index is 11.6. The predicted molar refractivity (Wildman–Crippen MR) is 88.0 cm³/mol. The van der Waals surface area contributed by atoms with Gasteiger partial charge in [-0.15, -0.1) is 0 Å². The van der Waals surface area contributed by atoms with Crippen LogP contribution in [-0.4, -0.2) is 34.6 Å². The Balaban J connectivity index is 1.65. The van der Waals surface area contributed by atoms with E-state index in [4.69, 9.17) is 0 Å². The van der Waals surface area contributed by atoms with Gasteiger partial charge in [-0.25, -0.2) is 0 Å². The molecule has 22 heavy (non-hydrogen) atoms. The van der Waals surface area contributed by atoms with Crippen LogP contribution in [0, 0.1) is 5.92 Å². The van der Waals surface area contributed by atoms with Gasteiger partial charge in [0.2, 0.25) is 0 Å². The number of fused-ring (bicyclic) bond motifs is 1. The highest BCUT2D eigenvalue weighted by Gasteiger charge is 2.44. The molecule has 4 atom stereocenters. The summed E-state index contributed by atoms with van der Waals surface area (Å²) in [6, 6.07) is 10.8. The zero-order valence-corrected chi connectivity index (χ0v) is 13.4. The fourth-order valence-corrected chi connectivity index (χ4v) is 4.41. The van der Waals surface area contributed by atoms with Crippen molar-refractivity contribution in [3.05, 3.63) is 35.9 Å². The van der Waals surface area contributed by atoms with Crippen LogP contribution < -0.4 is 0 Å². The zero-order valence-electron chi connectivity index (χ0n) is 13.4. The number of carbonyl (C=O) groups is 1. The molecule has 1 saturated carbocycles. The number of likely N-dealkylation sites (tertiary alicyclic amines) is 1. The summed E-state index contributed by atoms with van der Waals surface area (Å²) in [6.07, 6.45) is 6.85. The summed E-state index contributed by atoms with van der Waals surface area (Å²) in [4.78, 5) is 13.9. The molecule has 1 aliphatic carbocycles.